The van der Waals surface area contributed by atoms with Crippen LogP contribution in [0.3, 0.4) is 0 Å². The van der Waals surface area contributed by atoms with Gasteiger partial charge < -0.3 is 9.84 Å². The molecule has 0 aliphatic rings. The molecule has 20 heavy (non-hydrogen) atoms. The molecule has 0 saturated heterocycles. The second-order valence-electron chi connectivity index (χ2n) is 4.16. The number of nitro groups is 1. The van der Waals surface area contributed by atoms with Crippen LogP contribution in [0.15, 0.2) is 42.5 Å². The molecule has 0 fully saturated rings. The number of benzene rings is 2. The van der Waals surface area contributed by atoms with Crippen molar-refractivity contribution in [1.29, 1.82) is 0 Å². The van der Waals surface area contributed by atoms with Crippen LogP contribution < -0.4 is 4.74 Å². The molecule has 6 heteroatoms. The summed E-state index contributed by atoms with van der Waals surface area (Å²) in [6.45, 7) is 1.75. The van der Waals surface area contributed by atoms with E-state index < -0.39 is 10.9 Å². The number of ether oxygens (including phenoxy) is 1. The van der Waals surface area contributed by atoms with Gasteiger partial charge in [-0.2, -0.15) is 0 Å². The van der Waals surface area contributed by atoms with Crippen molar-refractivity contribution < 1.29 is 19.6 Å². The van der Waals surface area contributed by atoms with Gasteiger partial charge in [-0.1, -0.05) is 6.07 Å². The molecule has 0 unspecified atom stereocenters. The summed E-state index contributed by atoms with van der Waals surface area (Å²) in [7, 11) is 0. The van der Waals surface area contributed by atoms with Crippen LogP contribution in [-0.2, 0) is 0 Å². The Morgan fingerprint density at radius 2 is 1.85 bits per heavy atom. The van der Waals surface area contributed by atoms with Crippen LogP contribution in [0.25, 0.3) is 0 Å². The van der Waals surface area contributed by atoms with Gasteiger partial charge in [-0.3, -0.25) is 10.1 Å². The number of nitrogens with zero attached hydrogens (tertiary/aromatic N) is 1. The second kappa shape index (κ2) is 5.40. The molecule has 0 amide bonds. The van der Waals surface area contributed by atoms with Gasteiger partial charge in [0.05, 0.1) is 10.5 Å². The predicted molar refractivity (Wildman–Crippen MR) is 71.3 cm³/mol. The van der Waals surface area contributed by atoms with Crippen molar-refractivity contribution in [3.05, 3.63) is 63.7 Å². The maximum atomic E-state index is 11.0. The van der Waals surface area contributed by atoms with E-state index in [1.807, 2.05) is 0 Å². The molecule has 0 saturated carbocycles. The summed E-state index contributed by atoms with van der Waals surface area (Å²) in [6.07, 6.45) is 0. The van der Waals surface area contributed by atoms with Gasteiger partial charge in [0.15, 0.2) is 0 Å². The highest BCUT2D eigenvalue weighted by atomic mass is 16.6. The molecular formula is C14H11NO5. The summed E-state index contributed by atoms with van der Waals surface area (Å²) in [4.78, 5) is 21.2. The first kappa shape index (κ1) is 13.5. The first-order valence-corrected chi connectivity index (χ1v) is 5.73. The number of carboxylic acid groups (broad SMARTS) is 1. The molecule has 0 atom stereocenters. The second-order valence-corrected chi connectivity index (χ2v) is 4.16. The van der Waals surface area contributed by atoms with E-state index in [-0.39, 0.29) is 17.0 Å². The average molecular weight is 273 g/mol. The van der Waals surface area contributed by atoms with E-state index in [4.69, 9.17) is 9.84 Å². The van der Waals surface area contributed by atoms with Gasteiger partial charge in [0.1, 0.15) is 5.75 Å². The first-order chi connectivity index (χ1) is 9.47. The van der Waals surface area contributed by atoms with E-state index in [2.05, 4.69) is 0 Å². The molecule has 2 aromatic rings. The minimum absolute atomic E-state index is 0.115. The van der Waals surface area contributed by atoms with Crippen LogP contribution in [-0.4, -0.2) is 16.0 Å². The predicted octanol–water partition coefficient (Wildman–Crippen LogP) is 3.39. The van der Waals surface area contributed by atoms with Crippen molar-refractivity contribution in [2.24, 2.45) is 0 Å². The molecule has 2 aromatic carbocycles. The molecular weight excluding hydrogens is 262 g/mol. The van der Waals surface area contributed by atoms with E-state index >= 15 is 0 Å². The van der Waals surface area contributed by atoms with Crippen LogP contribution >= 0.6 is 0 Å². The lowest BCUT2D eigenvalue weighted by molar-refractivity contribution is -0.385. The zero-order chi connectivity index (χ0) is 14.7. The fraction of sp³-hybridized carbons (Fsp3) is 0.0714. The van der Waals surface area contributed by atoms with E-state index in [0.717, 1.165) is 5.56 Å². The van der Waals surface area contributed by atoms with Gasteiger partial charge in [-0.15, -0.1) is 0 Å². The monoisotopic (exact) mass is 273 g/mol. The molecule has 0 aliphatic heterocycles. The third kappa shape index (κ3) is 2.92. The van der Waals surface area contributed by atoms with Gasteiger partial charge >= 0.3 is 11.7 Å². The Hall–Kier alpha value is -2.89. The van der Waals surface area contributed by atoms with E-state index in [9.17, 15) is 14.9 Å². The Balaban J connectivity index is 2.30. The Labute approximate surface area is 114 Å². The van der Waals surface area contributed by atoms with Gasteiger partial charge in [-0.05, 0) is 42.8 Å². The number of carboxylic acids is 1. The Kier molecular flexibility index (Phi) is 3.65. The standard InChI is InChI=1S/C14H11NO5/c1-9-2-7-13(12(8-9)15(18)19)20-11-5-3-10(4-6-11)14(16)17/h2-8H,1H3,(H,16,17). The first-order valence-electron chi connectivity index (χ1n) is 5.73. The lowest BCUT2D eigenvalue weighted by atomic mass is 10.2. The quantitative estimate of drug-likeness (QED) is 0.681. The van der Waals surface area contributed by atoms with Crippen molar-refractivity contribution in [1.82, 2.24) is 0 Å². The molecule has 102 valence electrons. The third-order valence-electron chi connectivity index (χ3n) is 2.64. The normalized spacial score (nSPS) is 10.1. The smallest absolute Gasteiger partial charge is 0.335 e. The molecule has 0 spiro atoms. The summed E-state index contributed by atoms with van der Waals surface area (Å²) in [5, 5.41) is 19.7. The molecule has 1 N–H and O–H groups in total. The van der Waals surface area contributed by atoms with Crippen molar-refractivity contribution in [3.63, 3.8) is 0 Å². The van der Waals surface area contributed by atoms with Crippen LogP contribution in [0.5, 0.6) is 11.5 Å². The average Bonchev–Trinajstić information content (AvgIpc) is 2.41. The SMILES string of the molecule is Cc1ccc(Oc2ccc(C(=O)O)cc2)c([N+](=O)[O-])c1. The Bertz CT molecular complexity index is 664. The van der Waals surface area contributed by atoms with Crippen LogP contribution in [0.1, 0.15) is 15.9 Å². The number of rotatable bonds is 4. The number of carbonyl (C=O) groups is 1. The summed E-state index contributed by atoms with van der Waals surface area (Å²) in [5.41, 5.74) is 0.744. The summed E-state index contributed by atoms with van der Waals surface area (Å²) < 4.78 is 5.43. The minimum Gasteiger partial charge on any atom is -0.478 e. The van der Waals surface area contributed by atoms with Crippen molar-refractivity contribution >= 4 is 11.7 Å². The van der Waals surface area contributed by atoms with E-state index in [1.165, 1.54) is 36.4 Å². The van der Waals surface area contributed by atoms with Gasteiger partial charge in [0, 0.05) is 6.07 Å². The van der Waals surface area contributed by atoms with Crippen molar-refractivity contribution in [2.75, 3.05) is 0 Å². The van der Waals surface area contributed by atoms with Crippen molar-refractivity contribution in [2.45, 2.75) is 6.92 Å². The Morgan fingerprint density at radius 1 is 1.20 bits per heavy atom. The highest BCUT2D eigenvalue weighted by Crippen LogP contribution is 2.32. The lowest BCUT2D eigenvalue weighted by Gasteiger charge is -2.07. The highest BCUT2D eigenvalue weighted by molar-refractivity contribution is 5.87. The van der Waals surface area contributed by atoms with Gasteiger partial charge in [0.25, 0.3) is 0 Å². The van der Waals surface area contributed by atoms with E-state index in [0.29, 0.717) is 5.75 Å². The minimum atomic E-state index is -1.04. The molecule has 0 bridgehead atoms. The summed E-state index contributed by atoms with van der Waals surface area (Å²) in [5.74, 6) is -0.594. The van der Waals surface area contributed by atoms with Crippen LogP contribution in [0, 0.1) is 17.0 Å². The zero-order valence-electron chi connectivity index (χ0n) is 10.6. The van der Waals surface area contributed by atoms with Crippen LogP contribution in [0.2, 0.25) is 0 Å². The topological polar surface area (TPSA) is 89.7 Å². The Morgan fingerprint density at radius 3 is 2.40 bits per heavy atom. The maximum Gasteiger partial charge on any atom is 0.335 e. The van der Waals surface area contributed by atoms with Gasteiger partial charge in [-0.25, -0.2) is 4.79 Å². The molecule has 0 aromatic heterocycles. The largest absolute Gasteiger partial charge is 0.478 e. The molecule has 6 nitrogen and oxygen atoms in total. The number of aryl methyl sites for hydroxylation is 1. The summed E-state index contributed by atoms with van der Waals surface area (Å²) in [6, 6.07) is 10.3. The van der Waals surface area contributed by atoms with Crippen LogP contribution in [0.4, 0.5) is 5.69 Å². The summed E-state index contributed by atoms with van der Waals surface area (Å²) >= 11 is 0. The maximum absolute atomic E-state index is 11.0. The molecule has 0 heterocycles. The molecule has 2 rings (SSSR count). The van der Waals surface area contributed by atoms with E-state index in [1.54, 1.807) is 13.0 Å². The molecule has 0 aliphatic carbocycles. The van der Waals surface area contributed by atoms with Crippen molar-refractivity contribution in [3.8, 4) is 11.5 Å². The number of aromatic carboxylic acids is 1. The zero-order valence-corrected chi connectivity index (χ0v) is 10.6. The fourth-order valence-electron chi connectivity index (χ4n) is 1.65. The fourth-order valence-corrected chi connectivity index (χ4v) is 1.65. The number of nitro benzene ring substituents is 1. The number of hydrogen-bond acceptors (Lipinski definition) is 4. The van der Waals surface area contributed by atoms with Gasteiger partial charge in [0.2, 0.25) is 5.75 Å². The third-order valence-corrected chi connectivity index (χ3v) is 2.64. The molecule has 0 radical (unpaired) electrons. The highest BCUT2D eigenvalue weighted by Gasteiger charge is 2.16. The number of hydrogen-bond donors (Lipinski definition) is 1. The lowest BCUT2D eigenvalue weighted by Crippen LogP contribution is -1.96.